The number of hydrogen-bond donors (Lipinski definition) is 1. The van der Waals surface area contributed by atoms with Gasteiger partial charge in [0.15, 0.2) is 0 Å². The third-order valence-corrected chi connectivity index (χ3v) is 6.81. The second-order valence-electron chi connectivity index (χ2n) is 7.20. The van der Waals surface area contributed by atoms with Crippen molar-refractivity contribution in [1.29, 1.82) is 0 Å². The summed E-state index contributed by atoms with van der Waals surface area (Å²) in [6.07, 6.45) is 0. The number of nitrogens with one attached hydrogen (secondary N) is 1. The minimum atomic E-state index is -3.68. The summed E-state index contributed by atoms with van der Waals surface area (Å²) < 4.78 is 27.8. The first-order valence-electron chi connectivity index (χ1n) is 9.59. The molecule has 162 valence electrons. The quantitative estimate of drug-likeness (QED) is 0.449. The van der Waals surface area contributed by atoms with Crippen LogP contribution in [-0.4, -0.2) is 48.3 Å². The van der Waals surface area contributed by atoms with Crippen LogP contribution in [0, 0.1) is 13.8 Å². The van der Waals surface area contributed by atoms with Crippen LogP contribution < -0.4 is 5.32 Å². The van der Waals surface area contributed by atoms with Gasteiger partial charge in [-0.2, -0.15) is 5.10 Å². The molecule has 1 amide bonds. The molecule has 0 saturated heterocycles. The summed E-state index contributed by atoms with van der Waals surface area (Å²) in [7, 11) is -0.815. The van der Waals surface area contributed by atoms with Crippen molar-refractivity contribution in [2.75, 3.05) is 14.1 Å². The van der Waals surface area contributed by atoms with E-state index in [-0.39, 0.29) is 17.0 Å². The highest BCUT2D eigenvalue weighted by Gasteiger charge is 2.26. The summed E-state index contributed by atoms with van der Waals surface area (Å²) in [6, 6.07) is 15.7. The van der Waals surface area contributed by atoms with Crippen LogP contribution in [0.1, 0.15) is 27.3 Å². The third-order valence-electron chi connectivity index (χ3n) is 4.90. The fraction of sp³-hybridized carbons (Fsp3) is 0.227. The van der Waals surface area contributed by atoms with Crippen molar-refractivity contribution >= 4 is 21.7 Å². The van der Waals surface area contributed by atoms with Crippen LogP contribution in [0.15, 0.2) is 59.5 Å². The molecule has 8 nitrogen and oxygen atoms in total. The molecule has 1 N–H and O–H groups in total. The Morgan fingerprint density at radius 2 is 1.61 bits per heavy atom. The fourth-order valence-electron chi connectivity index (χ4n) is 3.26. The Kier molecular flexibility index (Phi) is 6.37. The van der Waals surface area contributed by atoms with Crippen molar-refractivity contribution in [3.8, 4) is 5.69 Å². The monoisotopic (exact) mass is 440 g/mol. The molecule has 0 saturated carbocycles. The molecule has 3 rings (SSSR count). The lowest BCUT2D eigenvalue weighted by Gasteiger charge is -2.15. The molecule has 3 aromatic rings. The first kappa shape index (κ1) is 22.4. The number of ketones is 1. The molecule has 0 aliphatic rings. The normalized spacial score (nSPS) is 11.5. The van der Waals surface area contributed by atoms with Gasteiger partial charge in [0.2, 0.25) is 10.0 Å². The summed E-state index contributed by atoms with van der Waals surface area (Å²) >= 11 is 0. The number of para-hydroxylation sites is 1. The minimum absolute atomic E-state index is 0.0806. The Morgan fingerprint density at radius 1 is 1.00 bits per heavy atom. The second kappa shape index (κ2) is 8.83. The van der Waals surface area contributed by atoms with Crippen LogP contribution in [0.5, 0.6) is 0 Å². The number of hydrogen-bond acceptors (Lipinski definition) is 5. The van der Waals surface area contributed by atoms with Crippen LogP contribution in [-0.2, 0) is 21.4 Å². The summed E-state index contributed by atoms with van der Waals surface area (Å²) in [6.45, 7) is 3.30. The van der Waals surface area contributed by atoms with Gasteiger partial charge in [-0.05, 0) is 37.6 Å². The fourth-order valence-corrected chi connectivity index (χ4v) is 4.37. The molecular weight excluding hydrogens is 416 g/mol. The summed E-state index contributed by atoms with van der Waals surface area (Å²) in [5, 5.41) is 6.94. The molecule has 0 spiro atoms. The summed E-state index contributed by atoms with van der Waals surface area (Å²) in [4.78, 5) is 25.5. The van der Waals surface area contributed by atoms with Gasteiger partial charge in [-0.3, -0.25) is 9.59 Å². The van der Waals surface area contributed by atoms with Crippen molar-refractivity contribution in [2.24, 2.45) is 0 Å². The number of nitrogens with zero attached hydrogens (tertiary/aromatic N) is 3. The standard InChI is InChI=1S/C22H24N4O4S/c1-15-20(16(2)26(24-15)18-11-6-5-7-12-18)21(27)22(28)23-14-17-10-8-9-13-19(17)31(29,30)25(3)4/h5-13H,14H2,1-4H3,(H,23,28). The smallest absolute Gasteiger partial charge is 0.292 e. The number of Topliss-reactive ketones (excluding diaryl/α,β-unsaturated/α-hetero) is 1. The van der Waals surface area contributed by atoms with E-state index in [1.54, 1.807) is 36.7 Å². The third kappa shape index (κ3) is 4.42. The minimum Gasteiger partial charge on any atom is -0.345 e. The maximum atomic E-state index is 12.9. The number of amides is 1. The van der Waals surface area contributed by atoms with E-state index in [4.69, 9.17) is 0 Å². The molecule has 0 fully saturated rings. The SMILES string of the molecule is Cc1nn(-c2ccccc2)c(C)c1C(=O)C(=O)NCc1ccccc1S(=O)(=O)N(C)C. The van der Waals surface area contributed by atoms with Crippen LogP contribution in [0.25, 0.3) is 5.69 Å². The molecule has 2 aromatic carbocycles. The molecule has 31 heavy (non-hydrogen) atoms. The number of aromatic nitrogens is 2. The number of carbonyl (C=O) groups is 2. The Labute approximate surface area is 181 Å². The molecule has 0 radical (unpaired) electrons. The molecule has 0 atom stereocenters. The van der Waals surface area contributed by atoms with E-state index in [1.165, 1.54) is 20.2 Å². The maximum absolute atomic E-state index is 12.9. The van der Waals surface area contributed by atoms with Gasteiger partial charge in [-0.15, -0.1) is 0 Å². The predicted octanol–water partition coefficient (Wildman–Crippen LogP) is 2.24. The zero-order valence-corrected chi connectivity index (χ0v) is 18.6. The van der Waals surface area contributed by atoms with Gasteiger partial charge in [0, 0.05) is 20.6 Å². The van der Waals surface area contributed by atoms with E-state index in [2.05, 4.69) is 10.4 Å². The van der Waals surface area contributed by atoms with Crippen LogP contribution >= 0.6 is 0 Å². The lowest BCUT2D eigenvalue weighted by atomic mass is 10.1. The maximum Gasteiger partial charge on any atom is 0.292 e. The molecule has 9 heteroatoms. The van der Waals surface area contributed by atoms with E-state index in [9.17, 15) is 18.0 Å². The van der Waals surface area contributed by atoms with Crippen molar-refractivity contribution in [3.63, 3.8) is 0 Å². The van der Waals surface area contributed by atoms with Crippen molar-refractivity contribution in [2.45, 2.75) is 25.3 Å². The Bertz CT molecular complexity index is 1230. The number of rotatable bonds is 7. The van der Waals surface area contributed by atoms with E-state index >= 15 is 0 Å². The first-order valence-corrected chi connectivity index (χ1v) is 11.0. The average molecular weight is 441 g/mol. The molecule has 0 unspecified atom stereocenters. The van der Waals surface area contributed by atoms with Gasteiger partial charge in [-0.1, -0.05) is 36.4 Å². The Morgan fingerprint density at radius 3 is 2.26 bits per heavy atom. The zero-order chi connectivity index (χ0) is 22.8. The van der Waals surface area contributed by atoms with Crippen LogP contribution in [0.3, 0.4) is 0 Å². The molecule has 1 aromatic heterocycles. The topological polar surface area (TPSA) is 101 Å². The van der Waals surface area contributed by atoms with E-state index < -0.39 is 21.7 Å². The first-order chi connectivity index (χ1) is 14.6. The van der Waals surface area contributed by atoms with E-state index in [0.717, 1.165) is 9.99 Å². The van der Waals surface area contributed by atoms with Crippen molar-refractivity contribution < 1.29 is 18.0 Å². The van der Waals surface area contributed by atoms with Gasteiger partial charge in [0.25, 0.3) is 11.7 Å². The summed E-state index contributed by atoms with van der Waals surface area (Å²) in [5.74, 6) is -1.54. The molecule has 0 aliphatic carbocycles. The molecular formula is C22H24N4O4S. The second-order valence-corrected chi connectivity index (χ2v) is 9.32. The van der Waals surface area contributed by atoms with Gasteiger partial charge in [0.1, 0.15) is 0 Å². The molecule has 1 heterocycles. The number of carbonyl (C=O) groups excluding carboxylic acids is 2. The van der Waals surface area contributed by atoms with Crippen LogP contribution in [0.4, 0.5) is 0 Å². The predicted molar refractivity (Wildman–Crippen MR) is 117 cm³/mol. The van der Waals surface area contributed by atoms with Crippen LogP contribution in [0.2, 0.25) is 0 Å². The largest absolute Gasteiger partial charge is 0.345 e. The van der Waals surface area contributed by atoms with E-state index in [0.29, 0.717) is 17.0 Å². The number of benzene rings is 2. The zero-order valence-electron chi connectivity index (χ0n) is 17.8. The molecule has 0 aliphatic heterocycles. The highest BCUT2D eigenvalue weighted by Crippen LogP contribution is 2.20. The van der Waals surface area contributed by atoms with Gasteiger partial charge >= 0.3 is 0 Å². The number of sulfonamides is 1. The van der Waals surface area contributed by atoms with Crippen molar-refractivity contribution in [1.82, 2.24) is 19.4 Å². The lowest BCUT2D eigenvalue weighted by molar-refractivity contribution is -0.117. The lowest BCUT2D eigenvalue weighted by Crippen LogP contribution is -2.32. The molecule has 0 bridgehead atoms. The van der Waals surface area contributed by atoms with Gasteiger partial charge in [-0.25, -0.2) is 17.4 Å². The summed E-state index contributed by atoms with van der Waals surface area (Å²) in [5.41, 5.74) is 2.41. The Hall–Kier alpha value is -3.30. The highest BCUT2D eigenvalue weighted by molar-refractivity contribution is 7.89. The van der Waals surface area contributed by atoms with Gasteiger partial charge < -0.3 is 5.32 Å². The number of aryl methyl sites for hydroxylation is 1. The highest BCUT2D eigenvalue weighted by atomic mass is 32.2. The van der Waals surface area contributed by atoms with Crippen molar-refractivity contribution in [3.05, 3.63) is 77.1 Å². The Balaban J connectivity index is 1.83. The van der Waals surface area contributed by atoms with Gasteiger partial charge in [0.05, 0.1) is 27.5 Å². The average Bonchev–Trinajstić information content (AvgIpc) is 3.06. The van der Waals surface area contributed by atoms with E-state index in [1.807, 2.05) is 30.3 Å².